The van der Waals surface area contributed by atoms with Gasteiger partial charge in [-0.05, 0) is 92.7 Å². The predicted octanol–water partition coefficient (Wildman–Crippen LogP) is 4.43. The molecule has 0 atom stereocenters. The van der Waals surface area contributed by atoms with E-state index in [4.69, 9.17) is 11.6 Å². The summed E-state index contributed by atoms with van der Waals surface area (Å²) in [7, 11) is -3.74. The topological polar surface area (TPSA) is 40.6 Å². The molecule has 1 spiro atoms. The third-order valence-corrected chi connectivity index (χ3v) is 8.70. The molecule has 2 fully saturated rings. The Morgan fingerprint density at radius 2 is 1.76 bits per heavy atom. The van der Waals surface area contributed by atoms with Crippen LogP contribution in [0.4, 0.5) is 10.1 Å². The van der Waals surface area contributed by atoms with Crippen molar-refractivity contribution in [2.45, 2.75) is 36.0 Å². The van der Waals surface area contributed by atoms with Gasteiger partial charge >= 0.3 is 0 Å². The van der Waals surface area contributed by atoms with Gasteiger partial charge < -0.3 is 4.90 Å². The molecule has 5 rings (SSSR count). The molecule has 0 unspecified atom stereocenters. The van der Waals surface area contributed by atoms with E-state index >= 15 is 0 Å². The van der Waals surface area contributed by atoms with Crippen LogP contribution in [-0.4, -0.2) is 39.5 Å². The SMILES string of the molecule is O=S(=O)(c1ccc(Cl)cc1)N1CC2(CCN(CC3CC3)CC2)c2cc(F)ccc21. The molecular weight excluding hydrogens is 411 g/mol. The van der Waals surface area contributed by atoms with E-state index in [-0.39, 0.29) is 16.1 Å². The van der Waals surface area contributed by atoms with Gasteiger partial charge in [0, 0.05) is 23.5 Å². The molecular formula is C22H24ClFN2O2S. The first-order chi connectivity index (χ1) is 13.9. The summed E-state index contributed by atoms with van der Waals surface area (Å²) in [6.07, 6.45) is 4.34. The van der Waals surface area contributed by atoms with Crippen molar-refractivity contribution in [2.75, 3.05) is 30.5 Å². The van der Waals surface area contributed by atoms with Crippen molar-refractivity contribution in [1.29, 1.82) is 0 Å². The van der Waals surface area contributed by atoms with Crippen molar-refractivity contribution in [1.82, 2.24) is 4.90 Å². The van der Waals surface area contributed by atoms with Crippen molar-refractivity contribution >= 4 is 27.3 Å². The highest BCUT2D eigenvalue weighted by molar-refractivity contribution is 7.92. The van der Waals surface area contributed by atoms with Gasteiger partial charge in [0.05, 0.1) is 10.6 Å². The maximum Gasteiger partial charge on any atom is 0.264 e. The molecule has 0 bridgehead atoms. The van der Waals surface area contributed by atoms with Crippen LogP contribution in [0.2, 0.25) is 5.02 Å². The number of nitrogens with zero attached hydrogens (tertiary/aromatic N) is 2. The second-order valence-electron chi connectivity index (χ2n) is 8.65. The number of piperidine rings is 1. The number of fused-ring (bicyclic) bond motifs is 2. The minimum absolute atomic E-state index is 0.209. The molecule has 0 radical (unpaired) electrons. The van der Waals surface area contributed by atoms with Crippen LogP contribution in [0.3, 0.4) is 0 Å². The fraction of sp³-hybridized carbons (Fsp3) is 0.455. The Kier molecular flexibility index (Phi) is 4.64. The lowest BCUT2D eigenvalue weighted by atomic mass is 9.74. The van der Waals surface area contributed by atoms with Crippen LogP contribution >= 0.6 is 11.6 Å². The van der Waals surface area contributed by atoms with E-state index in [1.807, 2.05) is 0 Å². The molecule has 0 aromatic heterocycles. The van der Waals surface area contributed by atoms with Crippen molar-refractivity contribution in [3.8, 4) is 0 Å². The number of benzene rings is 2. The fourth-order valence-corrected chi connectivity index (χ4v) is 6.50. The molecule has 2 heterocycles. The van der Waals surface area contributed by atoms with E-state index in [2.05, 4.69) is 4.90 Å². The number of anilines is 1. The van der Waals surface area contributed by atoms with Gasteiger partial charge in [-0.25, -0.2) is 12.8 Å². The molecule has 4 nitrogen and oxygen atoms in total. The maximum atomic E-state index is 14.2. The maximum absolute atomic E-state index is 14.2. The molecule has 1 saturated carbocycles. The second kappa shape index (κ2) is 6.96. The summed E-state index contributed by atoms with van der Waals surface area (Å²) in [6, 6.07) is 10.7. The first kappa shape index (κ1) is 19.3. The standard InChI is InChI=1S/C22H24ClFN2O2S/c23-17-3-6-19(7-4-17)29(27,28)26-15-22(20-13-18(24)5-8-21(20)26)9-11-25(12-10-22)14-16-1-2-16/h3-8,13,16H,1-2,9-12,14-15H2. The lowest BCUT2D eigenvalue weighted by molar-refractivity contribution is 0.162. The lowest BCUT2D eigenvalue weighted by Crippen LogP contribution is -2.46. The van der Waals surface area contributed by atoms with E-state index in [0.717, 1.165) is 44.0 Å². The molecule has 3 aliphatic rings. The Labute approximate surface area is 176 Å². The van der Waals surface area contributed by atoms with E-state index in [0.29, 0.717) is 17.3 Å². The summed E-state index contributed by atoms with van der Waals surface area (Å²) in [5.74, 6) is 0.522. The smallest absolute Gasteiger partial charge is 0.264 e. The first-order valence-electron chi connectivity index (χ1n) is 10.2. The lowest BCUT2D eigenvalue weighted by Gasteiger charge is -2.40. The molecule has 1 saturated heterocycles. The highest BCUT2D eigenvalue weighted by atomic mass is 35.5. The summed E-state index contributed by atoms with van der Waals surface area (Å²) in [4.78, 5) is 2.69. The van der Waals surface area contributed by atoms with Crippen molar-refractivity contribution in [2.24, 2.45) is 5.92 Å². The van der Waals surface area contributed by atoms with Crippen molar-refractivity contribution in [3.63, 3.8) is 0 Å². The largest absolute Gasteiger partial charge is 0.303 e. The second-order valence-corrected chi connectivity index (χ2v) is 11.0. The zero-order valence-electron chi connectivity index (χ0n) is 16.2. The normalized spacial score (nSPS) is 21.5. The molecule has 0 N–H and O–H groups in total. The Morgan fingerprint density at radius 1 is 1.07 bits per heavy atom. The molecule has 2 aliphatic heterocycles. The van der Waals surface area contributed by atoms with Crippen LogP contribution in [0, 0.1) is 11.7 Å². The van der Waals surface area contributed by atoms with Gasteiger partial charge in [-0.3, -0.25) is 4.31 Å². The quantitative estimate of drug-likeness (QED) is 0.714. The third kappa shape index (κ3) is 3.45. The van der Waals surface area contributed by atoms with Crippen LogP contribution in [0.5, 0.6) is 0 Å². The predicted molar refractivity (Wildman–Crippen MR) is 112 cm³/mol. The summed E-state index contributed by atoms with van der Waals surface area (Å²) >= 11 is 5.94. The van der Waals surface area contributed by atoms with Gasteiger partial charge in [0.25, 0.3) is 10.0 Å². The molecule has 7 heteroatoms. The monoisotopic (exact) mass is 434 g/mol. The van der Waals surface area contributed by atoms with Crippen LogP contribution in [0.15, 0.2) is 47.4 Å². The average Bonchev–Trinajstić information content (AvgIpc) is 3.47. The van der Waals surface area contributed by atoms with Crippen molar-refractivity contribution in [3.05, 3.63) is 58.9 Å². The number of sulfonamides is 1. The average molecular weight is 435 g/mol. The zero-order chi connectivity index (χ0) is 20.2. The van der Waals surface area contributed by atoms with Gasteiger partial charge in [0.15, 0.2) is 0 Å². The Morgan fingerprint density at radius 3 is 2.41 bits per heavy atom. The Hall–Kier alpha value is -1.63. The van der Waals surface area contributed by atoms with Gasteiger partial charge in [-0.15, -0.1) is 0 Å². The number of halogens is 2. The van der Waals surface area contributed by atoms with E-state index in [1.165, 1.54) is 35.3 Å². The molecule has 1 aliphatic carbocycles. The van der Waals surface area contributed by atoms with E-state index < -0.39 is 10.0 Å². The van der Waals surface area contributed by atoms with Crippen LogP contribution in [0.25, 0.3) is 0 Å². The highest BCUT2D eigenvalue weighted by Crippen LogP contribution is 2.49. The Balaban J connectivity index is 1.49. The zero-order valence-corrected chi connectivity index (χ0v) is 17.7. The van der Waals surface area contributed by atoms with Gasteiger partial charge in [0.2, 0.25) is 0 Å². The van der Waals surface area contributed by atoms with E-state index in [1.54, 1.807) is 24.3 Å². The number of likely N-dealkylation sites (tertiary alicyclic amines) is 1. The van der Waals surface area contributed by atoms with Gasteiger partial charge in [-0.1, -0.05) is 11.6 Å². The highest BCUT2D eigenvalue weighted by Gasteiger charge is 2.48. The summed E-state index contributed by atoms with van der Waals surface area (Å²) in [6.45, 7) is 3.37. The third-order valence-electron chi connectivity index (χ3n) is 6.67. The van der Waals surface area contributed by atoms with Crippen LogP contribution in [0.1, 0.15) is 31.2 Å². The molecule has 2 aromatic carbocycles. The van der Waals surface area contributed by atoms with Crippen LogP contribution in [-0.2, 0) is 15.4 Å². The number of hydrogen-bond donors (Lipinski definition) is 0. The summed E-state index contributed by atoms with van der Waals surface area (Å²) < 4.78 is 42.5. The van der Waals surface area contributed by atoms with Gasteiger partial charge in [0.1, 0.15) is 5.82 Å². The number of rotatable bonds is 4. The fourth-order valence-electron chi connectivity index (χ4n) is 4.80. The minimum Gasteiger partial charge on any atom is -0.303 e. The van der Waals surface area contributed by atoms with E-state index in [9.17, 15) is 12.8 Å². The van der Waals surface area contributed by atoms with Crippen LogP contribution < -0.4 is 4.31 Å². The number of hydrogen-bond acceptors (Lipinski definition) is 3. The summed E-state index contributed by atoms with van der Waals surface area (Å²) in [5, 5.41) is 0.493. The first-order valence-corrected chi connectivity index (χ1v) is 12.0. The molecule has 154 valence electrons. The molecule has 0 amide bonds. The summed E-state index contributed by atoms with van der Waals surface area (Å²) in [5.41, 5.74) is 1.12. The molecule has 2 aromatic rings. The Bertz CT molecular complexity index is 1030. The molecule has 29 heavy (non-hydrogen) atoms. The minimum atomic E-state index is -3.74. The van der Waals surface area contributed by atoms with Gasteiger partial charge in [-0.2, -0.15) is 0 Å². The van der Waals surface area contributed by atoms with Crippen molar-refractivity contribution < 1.29 is 12.8 Å².